The van der Waals surface area contributed by atoms with Crippen LogP contribution in [0.5, 0.6) is 0 Å². The van der Waals surface area contributed by atoms with Gasteiger partial charge in [-0.3, -0.25) is 9.59 Å². The number of rotatable bonds is 6. The minimum absolute atomic E-state index is 0.0354. The van der Waals surface area contributed by atoms with E-state index in [1.54, 1.807) is 32.0 Å². The van der Waals surface area contributed by atoms with Crippen LogP contribution in [0.1, 0.15) is 29.8 Å². The van der Waals surface area contributed by atoms with Gasteiger partial charge in [0.15, 0.2) is 0 Å². The van der Waals surface area contributed by atoms with E-state index in [9.17, 15) is 14.4 Å². The van der Waals surface area contributed by atoms with Crippen molar-refractivity contribution in [2.45, 2.75) is 20.3 Å². The molecule has 0 aliphatic rings. The molecule has 114 valence electrons. The number of hydrogen-bond acceptors (Lipinski definition) is 3. The highest BCUT2D eigenvalue weighted by molar-refractivity contribution is 5.91. The molecule has 3 N–H and O–H groups in total. The Bertz CT molecular complexity index is 552. The molecule has 0 aromatic heterocycles. The molecule has 0 radical (unpaired) electrons. The van der Waals surface area contributed by atoms with Gasteiger partial charge < -0.3 is 15.7 Å². The Morgan fingerprint density at radius 1 is 1.19 bits per heavy atom. The summed E-state index contributed by atoms with van der Waals surface area (Å²) in [6.07, 6.45) is -0.0354. The standard InChI is InChI=1S/C15H20N2O4/c1-15(2,14(21)16-3)9-17-12(18)8-10-6-4-5-7-11(10)13(19)20/h4-7H,8-9H2,1-3H3,(H,16,21)(H,17,18)(H,19,20). The number of carboxylic acid groups (broad SMARTS) is 1. The minimum atomic E-state index is -1.07. The van der Waals surface area contributed by atoms with Crippen LogP contribution in [0, 0.1) is 5.41 Å². The maximum absolute atomic E-state index is 11.9. The molecule has 1 rings (SSSR count). The second-order valence-electron chi connectivity index (χ2n) is 5.38. The van der Waals surface area contributed by atoms with Gasteiger partial charge in [0.2, 0.25) is 11.8 Å². The van der Waals surface area contributed by atoms with Crippen LogP contribution in [0.2, 0.25) is 0 Å². The maximum Gasteiger partial charge on any atom is 0.335 e. The maximum atomic E-state index is 11.9. The van der Waals surface area contributed by atoms with E-state index in [4.69, 9.17) is 5.11 Å². The van der Waals surface area contributed by atoms with E-state index in [-0.39, 0.29) is 30.3 Å². The molecule has 0 saturated carbocycles. The van der Waals surface area contributed by atoms with Crippen molar-refractivity contribution in [2.24, 2.45) is 5.41 Å². The first-order valence-electron chi connectivity index (χ1n) is 6.58. The summed E-state index contributed by atoms with van der Waals surface area (Å²) in [4.78, 5) is 34.6. The van der Waals surface area contributed by atoms with Crippen molar-refractivity contribution in [2.75, 3.05) is 13.6 Å². The lowest BCUT2D eigenvalue weighted by Gasteiger charge is -2.22. The van der Waals surface area contributed by atoms with Gasteiger partial charge in [-0.15, -0.1) is 0 Å². The molecule has 0 aliphatic carbocycles. The molecule has 6 heteroatoms. The van der Waals surface area contributed by atoms with Gasteiger partial charge >= 0.3 is 5.97 Å². The highest BCUT2D eigenvalue weighted by atomic mass is 16.4. The molecule has 0 atom stereocenters. The summed E-state index contributed by atoms with van der Waals surface area (Å²) in [7, 11) is 1.54. The summed E-state index contributed by atoms with van der Waals surface area (Å²) < 4.78 is 0. The van der Waals surface area contributed by atoms with E-state index in [1.807, 2.05) is 0 Å². The van der Waals surface area contributed by atoms with Crippen molar-refractivity contribution in [3.8, 4) is 0 Å². The van der Waals surface area contributed by atoms with Crippen molar-refractivity contribution >= 4 is 17.8 Å². The summed E-state index contributed by atoms with van der Waals surface area (Å²) in [6, 6.07) is 6.36. The molecule has 0 aliphatic heterocycles. The smallest absolute Gasteiger partial charge is 0.335 e. The second kappa shape index (κ2) is 6.88. The zero-order valence-corrected chi connectivity index (χ0v) is 12.4. The minimum Gasteiger partial charge on any atom is -0.478 e. The van der Waals surface area contributed by atoms with Crippen LogP contribution in [0.3, 0.4) is 0 Å². The fourth-order valence-corrected chi connectivity index (χ4v) is 1.86. The number of carbonyl (C=O) groups excluding carboxylic acids is 2. The summed E-state index contributed by atoms with van der Waals surface area (Å²) >= 11 is 0. The fraction of sp³-hybridized carbons (Fsp3) is 0.400. The Hall–Kier alpha value is -2.37. The number of carboxylic acids is 1. The van der Waals surface area contributed by atoms with Crippen molar-refractivity contribution in [1.82, 2.24) is 10.6 Å². The Morgan fingerprint density at radius 3 is 2.38 bits per heavy atom. The van der Waals surface area contributed by atoms with Crippen LogP contribution < -0.4 is 10.6 Å². The monoisotopic (exact) mass is 292 g/mol. The Balaban J connectivity index is 2.67. The molecule has 0 spiro atoms. The SMILES string of the molecule is CNC(=O)C(C)(C)CNC(=O)Cc1ccccc1C(=O)O. The Morgan fingerprint density at radius 2 is 1.81 bits per heavy atom. The average Bonchev–Trinajstić information content (AvgIpc) is 2.44. The third-order valence-corrected chi connectivity index (χ3v) is 3.17. The molecule has 0 fully saturated rings. The van der Waals surface area contributed by atoms with E-state index >= 15 is 0 Å². The highest BCUT2D eigenvalue weighted by Gasteiger charge is 2.27. The van der Waals surface area contributed by atoms with Gasteiger partial charge in [0, 0.05) is 13.6 Å². The number of nitrogens with one attached hydrogen (secondary N) is 2. The predicted molar refractivity (Wildman–Crippen MR) is 78.0 cm³/mol. The van der Waals surface area contributed by atoms with Crippen molar-refractivity contribution < 1.29 is 19.5 Å². The number of aromatic carboxylic acids is 1. The van der Waals surface area contributed by atoms with Crippen molar-refractivity contribution in [1.29, 1.82) is 0 Å². The summed E-state index contributed by atoms with van der Waals surface area (Å²) in [5.41, 5.74) is -0.171. The molecule has 6 nitrogen and oxygen atoms in total. The topological polar surface area (TPSA) is 95.5 Å². The molecular weight excluding hydrogens is 272 g/mol. The second-order valence-corrected chi connectivity index (χ2v) is 5.38. The van der Waals surface area contributed by atoms with Gasteiger partial charge in [-0.1, -0.05) is 18.2 Å². The summed E-state index contributed by atoms with van der Waals surface area (Å²) in [5, 5.41) is 14.3. The van der Waals surface area contributed by atoms with Crippen LogP contribution in [-0.2, 0) is 16.0 Å². The van der Waals surface area contributed by atoms with E-state index < -0.39 is 11.4 Å². The zero-order valence-electron chi connectivity index (χ0n) is 12.4. The van der Waals surface area contributed by atoms with E-state index in [2.05, 4.69) is 10.6 Å². The van der Waals surface area contributed by atoms with Gasteiger partial charge in [-0.2, -0.15) is 0 Å². The lowest BCUT2D eigenvalue weighted by Crippen LogP contribution is -2.44. The van der Waals surface area contributed by atoms with E-state index in [0.717, 1.165) is 0 Å². The van der Waals surface area contributed by atoms with Crippen LogP contribution in [0.15, 0.2) is 24.3 Å². The van der Waals surface area contributed by atoms with Gasteiger partial charge in [-0.05, 0) is 25.5 Å². The normalized spacial score (nSPS) is 10.8. The van der Waals surface area contributed by atoms with Crippen LogP contribution in [0.25, 0.3) is 0 Å². The average molecular weight is 292 g/mol. The van der Waals surface area contributed by atoms with Gasteiger partial charge in [0.05, 0.1) is 17.4 Å². The third-order valence-electron chi connectivity index (χ3n) is 3.17. The van der Waals surface area contributed by atoms with Gasteiger partial charge in [-0.25, -0.2) is 4.79 Å². The van der Waals surface area contributed by atoms with Crippen molar-refractivity contribution in [3.05, 3.63) is 35.4 Å². The first-order valence-corrected chi connectivity index (χ1v) is 6.58. The molecule has 0 saturated heterocycles. The molecule has 2 amide bonds. The largest absolute Gasteiger partial charge is 0.478 e. The fourth-order valence-electron chi connectivity index (χ4n) is 1.86. The summed E-state index contributed by atoms with van der Waals surface area (Å²) in [5.74, 6) is -1.56. The lowest BCUT2D eigenvalue weighted by molar-refractivity contribution is -0.129. The molecule has 0 heterocycles. The van der Waals surface area contributed by atoms with E-state index in [0.29, 0.717) is 5.56 Å². The predicted octanol–water partition coefficient (Wildman–Crippen LogP) is 0.816. The van der Waals surface area contributed by atoms with Gasteiger partial charge in [0.25, 0.3) is 0 Å². The van der Waals surface area contributed by atoms with E-state index in [1.165, 1.54) is 13.1 Å². The molecule has 0 bridgehead atoms. The molecule has 0 unspecified atom stereocenters. The molecule has 1 aromatic rings. The first-order chi connectivity index (χ1) is 9.77. The number of carbonyl (C=O) groups is 3. The van der Waals surface area contributed by atoms with Crippen LogP contribution in [-0.4, -0.2) is 36.5 Å². The van der Waals surface area contributed by atoms with Crippen LogP contribution >= 0.6 is 0 Å². The zero-order chi connectivity index (χ0) is 16.0. The number of hydrogen-bond donors (Lipinski definition) is 3. The number of benzene rings is 1. The molecular formula is C15H20N2O4. The lowest BCUT2D eigenvalue weighted by atomic mass is 9.92. The van der Waals surface area contributed by atoms with Crippen LogP contribution in [0.4, 0.5) is 0 Å². The third kappa shape index (κ3) is 4.59. The quantitative estimate of drug-likeness (QED) is 0.723. The molecule has 21 heavy (non-hydrogen) atoms. The Kier molecular flexibility index (Phi) is 5.46. The molecule has 1 aromatic carbocycles. The number of amides is 2. The Labute approximate surface area is 123 Å². The first kappa shape index (κ1) is 16.7. The highest BCUT2D eigenvalue weighted by Crippen LogP contribution is 2.14. The summed E-state index contributed by atoms with van der Waals surface area (Å²) in [6.45, 7) is 3.62. The van der Waals surface area contributed by atoms with Crippen molar-refractivity contribution in [3.63, 3.8) is 0 Å². The van der Waals surface area contributed by atoms with Gasteiger partial charge in [0.1, 0.15) is 0 Å².